The predicted octanol–water partition coefficient (Wildman–Crippen LogP) is 1.38. The maximum absolute atomic E-state index is 13.5. The number of fused-ring (bicyclic) bond motifs is 1. The number of methoxy groups -OCH3 is 2. The third kappa shape index (κ3) is 4.01. The number of benzene rings is 1. The second-order valence-corrected chi connectivity index (χ2v) is 7.00. The van der Waals surface area contributed by atoms with Gasteiger partial charge >= 0.3 is 11.7 Å². The summed E-state index contributed by atoms with van der Waals surface area (Å²) in [6, 6.07) is 12.6. The van der Waals surface area contributed by atoms with Gasteiger partial charge < -0.3 is 14.8 Å². The fourth-order valence-electron chi connectivity index (χ4n) is 3.45. The first kappa shape index (κ1) is 22.4. The topological polar surface area (TPSA) is 134 Å². The molecule has 1 amide bonds. The number of nitrogens with zero attached hydrogens (tertiary/aromatic N) is 4. The molecule has 0 bridgehead atoms. The Hall–Kier alpha value is -4.80. The van der Waals surface area contributed by atoms with Crippen LogP contribution in [0.4, 0.5) is 5.69 Å². The van der Waals surface area contributed by atoms with Gasteiger partial charge in [-0.3, -0.25) is 14.2 Å². The van der Waals surface area contributed by atoms with E-state index >= 15 is 0 Å². The van der Waals surface area contributed by atoms with Crippen molar-refractivity contribution in [2.75, 3.05) is 19.5 Å². The van der Waals surface area contributed by atoms with Crippen molar-refractivity contribution in [3.05, 3.63) is 87.3 Å². The number of ether oxygens (including phenoxy) is 2. The molecule has 3 heterocycles. The standard InChI is InChI=1S/C23H19N5O6/c1-33-17-10-4-3-9-16(17)26-18(29)13-27-19-14(7-5-11-24-19)21(30)28(23(27)32)20-15(22(31)34-2)8-6-12-25-20/h3-12H,13H2,1-2H3,(H,26,29). The molecule has 4 rings (SSSR count). The van der Waals surface area contributed by atoms with Gasteiger partial charge in [-0.1, -0.05) is 12.1 Å². The van der Waals surface area contributed by atoms with Crippen LogP contribution in [0.2, 0.25) is 0 Å². The van der Waals surface area contributed by atoms with Gasteiger partial charge in [0.05, 0.1) is 25.3 Å². The highest BCUT2D eigenvalue weighted by atomic mass is 16.5. The summed E-state index contributed by atoms with van der Waals surface area (Å²) >= 11 is 0. The molecule has 172 valence electrons. The number of amides is 1. The fraction of sp³-hybridized carbons (Fsp3) is 0.130. The molecule has 11 heteroatoms. The maximum atomic E-state index is 13.5. The van der Waals surface area contributed by atoms with Crippen LogP contribution in [-0.4, -0.2) is 45.2 Å². The van der Waals surface area contributed by atoms with Crippen molar-refractivity contribution in [1.82, 2.24) is 19.1 Å². The zero-order valence-electron chi connectivity index (χ0n) is 18.2. The predicted molar refractivity (Wildman–Crippen MR) is 122 cm³/mol. The number of pyridine rings is 2. The molecule has 0 atom stereocenters. The quantitative estimate of drug-likeness (QED) is 0.426. The lowest BCUT2D eigenvalue weighted by molar-refractivity contribution is -0.116. The largest absolute Gasteiger partial charge is 0.495 e. The van der Waals surface area contributed by atoms with Gasteiger partial charge in [-0.05, 0) is 36.4 Å². The maximum Gasteiger partial charge on any atom is 0.341 e. The highest BCUT2D eigenvalue weighted by Crippen LogP contribution is 2.23. The van der Waals surface area contributed by atoms with Crippen molar-refractivity contribution in [3.63, 3.8) is 0 Å². The molecule has 1 aromatic carbocycles. The van der Waals surface area contributed by atoms with Crippen molar-refractivity contribution < 1.29 is 19.1 Å². The number of hydrogen-bond acceptors (Lipinski definition) is 8. The van der Waals surface area contributed by atoms with Crippen LogP contribution in [0.3, 0.4) is 0 Å². The summed E-state index contributed by atoms with van der Waals surface area (Å²) in [6.07, 6.45) is 2.74. The molecular formula is C23H19N5O6. The molecule has 0 aliphatic carbocycles. The minimum absolute atomic E-state index is 0.0134. The highest BCUT2D eigenvalue weighted by Gasteiger charge is 2.22. The van der Waals surface area contributed by atoms with E-state index in [-0.39, 0.29) is 22.4 Å². The molecule has 0 saturated heterocycles. The van der Waals surface area contributed by atoms with Crippen LogP contribution in [0, 0.1) is 0 Å². The van der Waals surface area contributed by atoms with Gasteiger partial charge in [-0.2, -0.15) is 0 Å². The van der Waals surface area contributed by atoms with E-state index in [0.29, 0.717) is 11.4 Å². The molecular weight excluding hydrogens is 442 g/mol. The smallest absolute Gasteiger partial charge is 0.341 e. The van der Waals surface area contributed by atoms with E-state index in [0.717, 1.165) is 9.13 Å². The highest BCUT2D eigenvalue weighted by molar-refractivity contribution is 5.93. The molecule has 0 unspecified atom stereocenters. The molecule has 34 heavy (non-hydrogen) atoms. The van der Waals surface area contributed by atoms with Gasteiger partial charge in [0, 0.05) is 12.4 Å². The van der Waals surface area contributed by atoms with Gasteiger partial charge in [-0.25, -0.2) is 24.1 Å². The number of aromatic nitrogens is 4. The van der Waals surface area contributed by atoms with E-state index in [2.05, 4.69) is 15.3 Å². The van der Waals surface area contributed by atoms with Crippen LogP contribution in [0.15, 0.2) is 70.5 Å². The van der Waals surface area contributed by atoms with Gasteiger partial charge in [0.25, 0.3) is 5.56 Å². The molecule has 3 aromatic heterocycles. The SMILES string of the molecule is COC(=O)c1cccnc1-n1c(=O)c2cccnc2n(CC(=O)Nc2ccccc2OC)c1=O. The van der Waals surface area contributed by atoms with Crippen molar-refractivity contribution in [1.29, 1.82) is 0 Å². The van der Waals surface area contributed by atoms with E-state index in [9.17, 15) is 19.2 Å². The summed E-state index contributed by atoms with van der Waals surface area (Å²) in [4.78, 5) is 60.0. The molecule has 4 aromatic rings. The first-order valence-corrected chi connectivity index (χ1v) is 10.0. The monoisotopic (exact) mass is 461 g/mol. The summed E-state index contributed by atoms with van der Waals surface area (Å²) in [7, 11) is 2.64. The Morgan fingerprint density at radius 3 is 2.47 bits per heavy atom. The lowest BCUT2D eigenvalue weighted by Crippen LogP contribution is -2.42. The first-order chi connectivity index (χ1) is 16.5. The number of para-hydroxylation sites is 2. The van der Waals surface area contributed by atoms with E-state index in [1.165, 1.54) is 50.9 Å². The molecule has 0 spiro atoms. The van der Waals surface area contributed by atoms with Crippen LogP contribution in [0.25, 0.3) is 16.9 Å². The Labute approximate surface area is 192 Å². The fourth-order valence-corrected chi connectivity index (χ4v) is 3.45. The van der Waals surface area contributed by atoms with E-state index in [1.807, 2.05) is 0 Å². The van der Waals surface area contributed by atoms with E-state index < -0.39 is 29.7 Å². The van der Waals surface area contributed by atoms with Gasteiger partial charge in [0.15, 0.2) is 5.82 Å². The third-order valence-corrected chi connectivity index (χ3v) is 4.98. The Morgan fingerprint density at radius 1 is 0.971 bits per heavy atom. The Balaban J connectivity index is 1.88. The van der Waals surface area contributed by atoms with Crippen LogP contribution >= 0.6 is 0 Å². The summed E-state index contributed by atoms with van der Waals surface area (Å²) in [5, 5.41) is 2.75. The number of hydrogen-bond donors (Lipinski definition) is 1. The van der Waals surface area contributed by atoms with Crippen molar-refractivity contribution in [2.45, 2.75) is 6.54 Å². The summed E-state index contributed by atoms with van der Waals surface area (Å²) in [6.45, 7) is -0.467. The number of carbonyl (C=O) groups excluding carboxylic acids is 2. The van der Waals surface area contributed by atoms with Gasteiger partial charge in [0.2, 0.25) is 5.91 Å². The molecule has 0 saturated carbocycles. The Bertz CT molecular complexity index is 1520. The first-order valence-electron chi connectivity index (χ1n) is 10.0. The number of nitrogens with one attached hydrogen (secondary N) is 1. The third-order valence-electron chi connectivity index (χ3n) is 4.98. The zero-order chi connectivity index (χ0) is 24.2. The molecule has 0 fully saturated rings. The van der Waals surface area contributed by atoms with Crippen molar-refractivity contribution in [3.8, 4) is 11.6 Å². The average molecular weight is 461 g/mol. The summed E-state index contributed by atoms with van der Waals surface area (Å²) in [5.41, 5.74) is -1.29. The van der Waals surface area contributed by atoms with Gasteiger partial charge in [0.1, 0.15) is 23.5 Å². The molecule has 0 radical (unpaired) electrons. The lowest BCUT2D eigenvalue weighted by Gasteiger charge is -2.15. The summed E-state index contributed by atoms with van der Waals surface area (Å²) < 4.78 is 11.8. The Kier molecular flexibility index (Phi) is 6.17. The lowest BCUT2D eigenvalue weighted by atomic mass is 10.2. The number of anilines is 1. The van der Waals surface area contributed by atoms with Crippen LogP contribution in [0.1, 0.15) is 10.4 Å². The second kappa shape index (κ2) is 9.36. The zero-order valence-corrected chi connectivity index (χ0v) is 18.2. The van der Waals surface area contributed by atoms with Crippen molar-refractivity contribution >= 4 is 28.6 Å². The molecule has 1 N–H and O–H groups in total. The second-order valence-electron chi connectivity index (χ2n) is 7.00. The number of esters is 1. The van der Waals surface area contributed by atoms with Crippen molar-refractivity contribution in [2.24, 2.45) is 0 Å². The van der Waals surface area contributed by atoms with Crippen LogP contribution in [-0.2, 0) is 16.1 Å². The molecule has 0 aliphatic heterocycles. The Morgan fingerprint density at radius 2 is 1.71 bits per heavy atom. The molecule has 0 aliphatic rings. The average Bonchev–Trinajstić information content (AvgIpc) is 2.87. The normalized spacial score (nSPS) is 10.6. The molecule has 11 nitrogen and oxygen atoms in total. The van der Waals surface area contributed by atoms with Crippen LogP contribution in [0.5, 0.6) is 5.75 Å². The number of rotatable bonds is 6. The summed E-state index contributed by atoms with van der Waals surface area (Å²) in [5.74, 6) is -1.11. The van der Waals surface area contributed by atoms with Gasteiger partial charge in [-0.15, -0.1) is 0 Å². The minimum atomic E-state index is -0.893. The number of carbonyl (C=O) groups is 2. The minimum Gasteiger partial charge on any atom is -0.495 e. The van der Waals surface area contributed by atoms with Crippen LogP contribution < -0.4 is 21.3 Å². The van der Waals surface area contributed by atoms with E-state index in [4.69, 9.17) is 9.47 Å². The van der Waals surface area contributed by atoms with E-state index in [1.54, 1.807) is 24.3 Å².